The van der Waals surface area contributed by atoms with Crippen LogP contribution < -0.4 is 5.32 Å². The highest BCUT2D eigenvalue weighted by atomic mass is 32.1. The van der Waals surface area contributed by atoms with Crippen LogP contribution in [0.5, 0.6) is 0 Å². The van der Waals surface area contributed by atoms with E-state index in [0.29, 0.717) is 17.7 Å². The lowest BCUT2D eigenvalue weighted by atomic mass is 9.93. The molecule has 3 aromatic heterocycles. The van der Waals surface area contributed by atoms with Gasteiger partial charge >= 0.3 is 0 Å². The summed E-state index contributed by atoms with van der Waals surface area (Å²) in [5.41, 5.74) is 3.37. The SMILES string of the molecule is N#Cc1cc2ncn(Cc3cccc4sc(NC5CCCCC5O)nc34)c2nc1C#N. The van der Waals surface area contributed by atoms with Gasteiger partial charge in [-0.1, -0.05) is 36.3 Å². The van der Waals surface area contributed by atoms with Crippen molar-refractivity contribution in [3.63, 3.8) is 0 Å². The molecule has 8 nitrogen and oxygen atoms in total. The Bertz CT molecular complexity index is 1360. The lowest BCUT2D eigenvalue weighted by Crippen LogP contribution is -2.36. The normalized spacial score (nSPS) is 18.7. The zero-order valence-corrected chi connectivity index (χ0v) is 17.4. The van der Waals surface area contributed by atoms with Crippen molar-refractivity contribution >= 4 is 37.8 Å². The molecule has 0 amide bonds. The zero-order valence-electron chi connectivity index (χ0n) is 16.6. The van der Waals surface area contributed by atoms with Crippen molar-refractivity contribution in [1.82, 2.24) is 19.5 Å². The molecule has 5 rings (SSSR count). The van der Waals surface area contributed by atoms with Gasteiger partial charge in [-0.05, 0) is 30.5 Å². The van der Waals surface area contributed by atoms with E-state index in [2.05, 4.69) is 15.3 Å². The number of aliphatic hydroxyl groups is 1. The maximum absolute atomic E-state index is 10.3. The van der Waals surface area contributed by atoms with E-state index in [-0.39, 0.29) is 23.4 Å². The molecule has 31 heavy (non-hydrogen) atoms. The van der Waals surface area contributed by atoms with Crippen molar-refractivity contribution in [3.05, 3.63) is 47.4 Å². The number of benzene rings is 1. The minimum absolute atomic E-state index is 0.0401. The number of nitrogens with one attached hydrogen (secondary N) is 1. The Balaban J connectivity index is 1.48. The summed E-state index contributed by atoms with van der Waals surface area (Å²) in [6.07, 6.45) is 5.29. The van der Waals surface area contributed by atoms with Gasteiger partial charge in [0.2, 0.25) is 0 Å². The average molecular weight is 430 g/mol. The first-order valence-corrected chi connectivity index (χ1v) is 11.0. The number of nitriles is 2. The highest BCUT2D eigenvalue weighted by molar-refractivity contribution is 7.22. The van der Waals surface area contributed by atoms with Crippen LogP contribution in [0.2, 0.25) is 0 Å². The Kier molecular flexibility index (Phi) is 4.99. The lowest BCUT2D eigenvalue weighted by molar-refractivity contribution is 0.116. The van der Waals surface area contributed by atoms with Crippen molar-refractivity contribution in [3.8, 4) is 12.1 Å². The van der Waals surface area contributed by atoms with Crippen molar-refractivity contribution < 1.29 is 5.11 Å². The molecule has 9 heteroatoms. The van der Waals surface area contributed by atoms with Crippen LogP contribution in [0.1, 0.15) is 42.5 Å². The molecular weight excluding hydrogens is 410 g/mol. The lowest BCUT2D eigenvalue weighted by Gasteiger charge is -2.28. The third kappa shape index (κ3) is 3.59. The molecular formula is C22H19N7OS. The summed E-state index contributed by atoms with van der Waals surface area (Å²) < 4.78 is 2.93. The van der Waals surface area contributed by atoms with Gasteiger partial charge < -0.3 is 15.0 Å². The minimum atomic E-state index is -0.337. The van der Waals surface area contributed by atoms with Gasteiger partial charge in [-0.25, -0.2) is 15.0 Å². The monoisotopic (exact) mass is 429 g/mol. The molecule has 1 aromatic carbocycles. The molecule has 3 heterocycles. The fourth-order valence-corrected chi connectivity index (χ4v) is 5.06. The molecule has 0 bridgehead atoms. The standard InChI is InChI=1S/C22H19N7OS/c23-9-14-8-16-21(26-17(14)10-24)29(12-25-16)11-13-4-3-7-19-20(13)28-22(31-19)27-15-5-1-2-6-18(15)30/h3-4,7-8,12,15,18,30H,1-2,5-6,11H2,(H,27,28). The molecule has 4 aromatic rings. The Labute approximate surface area is 182 Å². The molecule has 154 valence electrons. The summed E-state index contributed by atoms with van der Waals surface area (Å²) in [7, 11) is 0. The number of hydrogen-bond donors (Lipinski definition) is 2. The van der Waals surface area contributed by atoms with Crippen LogP contribution in [0.3, 0.4) is 0 Å². The van der Waals surface area contributed by atoms with E-state index in [0.717, 1.165) is 46.6 Å². The van der Waals surface area contributed by atoms with Crippen LogP contribution in [-0.2, 0) is 6.54 Å². The number of aromatic nitrogens is 4. The second-order valence-electron chi connectivity index (χ2n) is 7.71. The van der Waals surface area contributed by atoms with Gasteiger partial charge in [0.15, 0.2) is 16.5 Å². The predicted molar refractivity (Wildman–Crippen MR) is 118 cm³/mol. The summed E-state index contributed by atoms with van der Waals surface area (Å²) in [6, 6.07) is 11.7. The van der Waals surface area contributed by atoms with E-state index < -0.39 is 0 Å². The summed E-state index contributed by atoms with van der Waals surface area (Å²) in [5, 5.41) is 33.0. The molecule has 0 spiro atoms. The summed E-state index contributed by atoms with van der Waals surface area (Å²) in [4.78, 5) is 13.5. The van der Waals surface area contributed by atoms with E-state index >= 15 is 0 Å². The highest BCUT2D eigenvalue weighted by Crippen LogP contribution is 2.31. The van der Waals surface area contributed by atoms with Crippen molar-refractivity contribution in [1.29, 1.82) is 10.5 Å². The van der Waals surface area contributed by atoms with E-state index in [9.17, 15) is 15.6 Å². The smallest absolute Gasteiger partial charge is 0.184 e. The number of anilines is 1. The van der Waals surface area contributed by atoms with Gasteiger partial charge in [-0.3, -0.25) is 0 Å². The number of nitrogens with zero attached hydrogens (tertiary/aromatic N) is 6. The first-order valence-electron chi connectivity index (χ1n) is 10.2. The summed E-state index contributed by atoms with van der Waals surface area (Å²) in [5.74, 6) is 0. The minimum Gasteiger partial charge on any atom is -0.391 e. The molecule has 2 unspecified atom stereocenters. The molecule has 1 aliphatic carbocycles. The topological polar surface area (TPSA) is 123 Å². The largest absolute Gasteiger partial charge is 0.391 e. The zero-order chi connectivity index (χ0) is 21.4. The average Bonchev–Trinajstić information content (AvgIpc) is 3.38. The number of aliphatic hydroxyl groups excluding tert-OH is 1. The number of hydrogen-bond acceptors (Lipinski definition) is 8. The molecule has 1 fully saturated rings. The second kappa shape index (κ2) is 7.95. The fraction of sp³-hybridized carbons (Fsp3) is 0.318. The van der Waals surface area contributed by atoms with Gasteiger partial charge in [0, 0.05) is 0 Å². The quantitative estimate of drug-likeness (QED) is 0.508. The Morgan fingerprint density at radius 1 is 1.19 bits per heavy atom. The number of pyridine rings is 1. The second-order valence-corrected chi connectivity index (χ2v) is 8.74. The van der Waals surface area contributed by atoms with Gasteiger partial charge in [0.05, 0.1) is 40.8 Å². The fourth-order valence-electron chi connectivity index (χ4n) is 4.09. The van der Waals surface area contributed by atoms with Crippen LogP contribution in [0.4, 0.5) is 5.13 Å². The van der Waals surface area contributed by atoms with Crippen molar-refractivity contribution in [2.45, 2.75) is 44.4 Å². The van der Waals surface area contributed by atoms with E-state index in [1.54, 1.807) is 23.7 Å². The number of fused-ring (bicyclic) bond motifs is 2. The predicted octanol–water partition coefficient (Wildman–Crippen LogP) is 3.55. The van der Waals surface area contributed by atoms with Crippen molar-refractivity contribution in [2.24, 2.45) is 0 Å². The number of para-hydroxylation sites is 1. The summed E-state index contributed by atoms with van der Waals surface area (Å²) in [6.45, 7) is 0.493. The number of rotatable bonds is 4. The van der Waals surface area contributed by atoms with E-state index in [1.807, 2.05) is 34.9 Å². The maximum Gasteiger partial charge on any atom is 0.184 e. The summed E-state index contributed by atoms with van der Waals surface area (Å²) >= 11 is 1.58. The number of imidazole rings is 1. The molecule has 1 aliphatic rings. The van der Waals surface area contributed by atoms with Crippen LogP contribution in [0, 0.1) is 22.7 Å². The van der Waals surface area contributed by atoms with E-state index in [4.69, 9.17) is 4.98 Å². The van der Waals surface area contributed by atoms with Crippen LogP contribution in [0.25, 0.3) is 21.4 Å². The Morgan fingerprint density at radius 2 is 2.06 bits per heavy atom. The van der Waals surface area contributed by atoms with Crippen molar-refractivity contribution in [2.75, 3.05) is 5.32 Å². The van der Waals surface area contributed by atoms with Gasteiger partial charge in [-0.2, -0.15) is 10.5 Å². The third-order valence-electron chi connectivity index (χ3n) is 5.70. The molecule has 2 atom stereocenters. The van der Waals surface area contributed by atoms with Crippen LogP contribution in [-0.4, -0.2) is 36.8 Å². The molecule has 2 N–H and O–H groups in total. The van der Waals surface area contributed by atoms with Crippen LogP contribution in [0.15, 0.2) is 30.6 Å². The molecule has 1 saturated carbocycles. The Morgan fingerprint density at radius 3 is 2.87 bits per heavy atom. The molecule has 0 saturated heterocycles. The maximum atomic E-state index is 10.3. The van der Waals surface area contributed by atoms with Crippen LogP contribution >= 0.6 is 11.3 Å². The first-order chi connectivity index (χ1) is 15.2. The number of thiazole rings is 1. The molecule has 0 radical (unpaired) electrons. The Hall–Kier alpha value is -3.53. The van der Waals surface area contributed by atoms with Gasteiger partial charge in [-0.15, -0.1) is 0 Å². The molecule has 0 aliphatic heterocycles. The first kappa shape index (κ1) is 19.4. The third-order valence-corrected chi connectivity index (χ3v) is 6.65. The van der Waals surface area contributed by atoms with Gasteiger partial charge in [0.1, 0.15) is 17.7 Å². The van der Waals surface area contributed by atoms with E-state index in [1.165, 1.54) is 0 Å². The van der Waals surface area contributed by atoms with Gasteiger partial charge in [0.25, 0.3) is 0 Å². The highest BCUT2D eigenvalue weighted by Gasteiger charge is 2.24.